The molecule has 4 rings (SSSR count). The van der Waals surface area contributed by atoms with Crippen molar-refractivity contribution in [3.05, 3.63) is 94.4 Å². The van der Waals surface area contributed by atoms with Crippen molar-refractivity contribution in [2.45, 2.75) is 67.9 Å². The van der Waals surface area contributed by atoms with E-state index in [0.29, 0.717) is 46.5 Å². The van der Waals surface area contributed by atoms with E-state index >= 15 is 0 Å². The van der Waals surface area contributed by atoms with Crippen LogP contribution in [0.3, 0.4) is 0 Å². The van der Waals surface area contributed by atoms with E-state index in [2.05, 4.69) is 23.1 Å². The Hall–Kier alpha value is -3.43. The number of benzene rings is 3. The van der Waals surface area contributed by atoms with Gasteiger partial charge in [-0.3, -0.25) is 9.36 Å². The lowest BCUT2D eigenvalue weighted by Crippen LogP contribution is -2.27. The summed E-state index contributed by atoms with van der Waals surface area (Å²) in [7, 11) is 2.50. The standard InChI is InChI=1S/C25H23N2O3P.C3H8.2C2H6/c1-16-22(18-10-12-19(28)13-11-18)25(30)27(15-14-17-6-3-2-4-7-17)24(26-16)20-8-5-9-21(31)23(20)29;1-3-2;2*1-2/h2-13,28-29H,14-15,31H2,1H3;3H2,1-2H3;2*1-2H3. The number of aryl methyl sites for hydroxylation is 2. The maximum absolute atomic E-state index is 13.7. The second-order valence-corrected chi connectivity index (χ2v) is 8.71. The number of phenols is 2. The molecule has 0 saturated carbocycles. The molecule has 0 spiro atoms. The second kappa shape index (κ2) is 17.1. The van der Waals surface area contributed by atoms with Crippen LogP contribution in [0.4, 0.5) is 0 Å². The van der Waals surface area contributed by atoms with E-state index in [1.54, 1.807) is 47.9 Å². The van der Waals surface area contributed by atoms with Crippen molar-refractivity contribution in [2.24, 2.45) is 0 Å². The van der Waals surface area contributed by atoms with Gasteiger partial charge in [0.2, 0.25) is 0 Å². The van der Waals surface area contributed by atoms with Crippen LogP contribution in [-0.4, -0.2) is 19.8 Å². The van der Waals surface area contributed by atoms with Gasteiger partial charge in [-0.25, -0.2) is 4.98 Å². The van der Waals surface area contributed by atoms with Crippen LogP contribution in [-0.2, 0) is 13.0 Å². The van der Waals surface area contributed by atoms with Gasteiger partial charge in [0.25, 0.3) is 5.56 Å². The van der Waals surface area contributed by atoms with Crippen molar-refractivity contribution in [3.8, 4) is 34.0 Å². The van der Waals surface area contributed by atoms with Crippen LogP contribution in [0.1, 0.15) is 59.2 Å². The lowest BCUT2D eigenvalue weighted by molar-refractivity contribution is 0.475. The number of nitrogens with zero attached hydrogens (tertiary/aromatic N) is 2. The first kappa shape index (κ1) is 32.6. The van der Waals surface area contributed by atoms with Crippen molar-refractivity contribution in [1.29, 1.82) is 0 Å². The Morgan fingerprint density at radius 3 is 2.00 bits per heavy atom. The monoisotopic (exact) mass is 534 g/mol. The zero-order chi connectivity index (χ0) is 28.7. The third-order valence-corrected chi connectivity index (χ3v) is 5.75. The van der Waals surface area contributed by atoms with E-state index in [-0.39, 0.29) is 17.1 Å². The number of aromatic hydroxyl groups is 2. The number of para-hydroxylation sites is 1. The van der Waals surface area contributed by atoms with Gasteiger partial charge in [-0.1, -0.05) is 103 Å². The molecule has 0 amide bonds. The number of hydrogen-bond acceptors (Lipinski definition) is 4. The molecule has 0 aliphatic heterocycles. The maximum Gasteiger partial charge on any atom is 0.261 e. The predicted molar refractivity (Wildman–Crippen MR) is 166 cm³/mol. The third-order valence-electron chi connectivity index (χ3n) is 5.28. The Kier molecular flexibility index (Phi) is 14.7. The molecular formula is C32H43N2O3P. The van der Waals surface area contributed by atoms with Crippen LogP contribution in [0.25, 0.3) is 22.5 Å². The Bertz CT molecular complexity index is 1300. The van der Waals surface area contributed by atoms with Gasteiger partial charge < -0.3 is 10.2 Å². The average Bonchev–Trinajstić information content (AvgIpc) is 2.94. The molecule has 0 aliphatic rings. The fraction of sp³-hybridized carbons (Fsp3) is 0.312. The first-order valence-electron chi connectivity index (χ1n) is 13.4. The van der Waals surface area contributed by atoms with E-state index < -0.39 is 0 Å². The highest BCUT2D eigenvalue weighted by atomic mass is 31.0. The predicted octanol–water partition coefficient (Wildman–Crippen LogP) is 7.51. The first-order valence-corrected chi connectivity index (χ1v) is 14.0. The highest BCUT2D eigenvalue weighted by Gasteiger charge is 2.19. The fourth-order valence-corrected chi connectivity index (χ4v) is 3.93. The number of phenolic OH excluding ortho intramolecular Hbond substituents is 2. The van der Waals surface area contributed by atoms with E-state index in [1.807, 2.05) is 64.1 Å². The normalized spacial score (nSPS) is 9.68. The summed E-state index contributed by atoms with van der Waals surface area (Å²) in [5.41, 5.74) is 3.18. The van der Waals surface area contributed by atoms with Crippen molar-refractivity contribution >= 4 is 14.5 Å². The van der Waals surface area contributed by atoms with Crippen LogP contribution >= 0.6 is 9.24 Å². The van der Waals surface area contributed by atoms with Crippen LogP contribution in [0.5, 0.6) is 11.5 Å². The number of hydrogen-bond donors (Lipinski definition) is 2. The van der Waals surface area contributed by atoms with E-state index in [9.17, 15) is 15.0 Å². The SMILES string of the molecule is CC.CC.CCC.Cc1nc(-c2cccc(P)c2O)n(CCc2ccccc2)c(=O)c1-c1ccc(O)cc1. The Morgan fingerprint density at radius 2 is 1.42 bits per heavy atom. The molecule has 4 aromatic rings. The molecule has 1 heterocycles. The van der Waals surface area contributed by atoms with Gasteiger partial charge in [0.1, 0.15) is 17.3 Å². The molecule has 204 valence electrons. The summed E-state index contributed by atoms with van der Waals surface area (Å²) in [5, 5.41) is 20.9. The summed E-state index contributed by atoms with van der Waals surface area (Å²) >= 11 is 0. The lowest BCUT2D eigenvalue weighted by Gasteiger charge is -2.17. The zero-order valence-electron chi connectivity index (χ0n) is 23.8. The second-order valence-electron chi connectivity index (χ2n) is 8.09. The van der Waals surface area contributed by atoms with Crippen LogP contribution in [0.15, 0.2) is 77.6 Å². The van der Waals surface area contributed by atoms with Gasteiger partial charge >= 0.3 is 0 Å². The number of aromatic nitrogens is 2. The zero-order valence-corrected chi connectivity index (χ0v) is 25.0. The molecule has 0 radical (unpaired) electrons. The summed E-state index contributed by atoms with van der Waals surface area (Å²) in [6.07, 6.45) is 1.90. The first-order chi connectivity index (χ1) is 18.4. The van der Waals surface area contributed by atoms with Gasteiger partial charge in [-0.15, -0.1) is 9.24 Å². The topological polar surface area (TPSA) is 75.4 Å². The molecule has 0 fully saturated rings. The van der Waals surface area contributed by atoms with Crippen molar-refractivity contribution in [1.82, 2.24) is 9.55 Å². The summed E-state index contributed by atoms with van der Waals surface area (Å²) in [6, 6.07) is 21.9. The van der Waals surface area contributed by atoms with Gasteiger partial charge in [-0.05, 0) is 42.7 Å². The molecule has 1 aromatic heterocycles. The molecule has 0 bridgehead atoms. The van der Waals surface area contributed by atoms with Crippen molar-refractivity contribution in [3.63, 3.8) is 0 Å². The molecule has 1 unspecified atom stereocenters. The van der Waals surface area contributed by atoms with Gasteiger partial charge in [0, 0.05) is 11.8 Å². The van der Waals surface area contributed by atoms with Gasteiger partial charge in [0.15, 0.2) is 0 Å². The quantitative estimate of drug-likeness (QED) is 0.260. The van der Waals surface area contributed by atoms with Crippen molar-refractivity contribution < 1.29 is 10.2 Å². The minimum atomic E-state index is -0.183. The molecule has 5 nitrogen and oxygen atoms in total. The Morgan fingerprint density at radius 1 is 0.842 bits per heavy atom. The summed E-state index contributed by atoms with van der Waals surface area (Å²) in [6.45, 7) is 14.5. The molecule has 0 saturated heterocycles. The lowest BCUT2D eigenvalue weighted by atomic mass is 10.0. The molecule has 1 atom stereocenters. The molecule has 6 heteroatoms. The molecule has 2 N–H and O–H groups in total. The molecular weight excluding hydrogens is 491 g/mol. The van der Waals surface area contributed by atoms with Crippen LogP contribution < -0.4 is 10.9 Å². The highest BCUT2D eigenvalue weighted by molar-refractivity contribution is 7.27. The average molecular weight is 535 g/mol. The Balaban J connectivity index is 0.000000944. The molecule has 38 heavy (non-hydrogen) atoms. The minimum absolute atomic E-state index is 0.0876. The maximum atomic E-state index is 13.7. The van der Waals surface area contributed by atoms with E-state index in [4.69, 9.17) is 4.98 Å². The smallest absolute Gasteiger partial charge is 0.261 e. The van der Waals surface area contributed by atoms with Gasteiger partial charge in [-0.2, -0.15) is 0 Å². The summed E-state index contributed by atoms with van der Waals surface area (Å²) in [5.74, 6) is 0.657. The highest BCUT2D eigenvalue weighted by Crippen LogP contribution is 2.29. The third kappa shape index (κ3) is 8.56. The van der Waals surface area contributed by atoms with E-state index in [1.165, 1.54) is 6.42 Å². The minimum Gasteiger partial charge on any atom is -0.508 e. The van der Waals surface area contributed by atoms with Crippen molar-refractivity contribution in [2.75, 3.05) is 0 Å². The molecule has 0 aliphatic carbocycles. The summed E-state index contributed by atoms with van der Waals surface area (Å²) in [4.78, 5) is 18.4. The number of rotatable bonds is 5. The summed E-state index contributed by atoms with van der Waals surface area (Å²) < 4.78 is 1.63. The fourth-order valence-electron chi connectivity index (χ4n) is 3.66. The van der Waals surface area contributed by atoms with Gasteiger partial charge in [0.05, 0.1) is 16.8 Å². The van der Waals surface area contributed by atoms with Crippen LogP contribution in [0, 0.1) is 6.92 Å². The van der Waals surface area contributed by atoms with E-state index in [0.717, 1.165) is 5.56 Å². The Labute approximate surface area is 230 Å². The molecule has 3 aromatic carbocycles. The largest absolute Gasteiger partial charge is 0.508 e. The van der Waals surface area contributed by atoms with Crippen LogP contribution in [0.2, 0.25) is 0 Å².